The van der Waals surface area contributed by atoms with Crippen LogP contribution in [0.2, 0.25) is 0 Å². The maximum atomic E-state index is 11.4. The van der Waals surface area contributed by atoms with E-state index < -0.39 is 12.0 Å². The number of hydrogen-bond acceptors (Lipinski definition) is 6. The van der Waals surface area contributed by atoms with E-state index in [0.29, 0.717) is 30.9 Å². The third-order valence-corrected chi connectivity index (χ3v) is 5.42. The fourth-order valence-corrected chi connectivity index (χ4v) is 3.78. The largest absolute Gasteiger partial charge is 0.494 e. The summed E-state index contributed by atoms with van der Waals surface area (Å²) in [5.74, 6) is 0.752. The van der Waals surface area contributed by atoms with E-state index in [0.717, 1.165) is 22.4 Å². The van der Waals surface area contributed by atoms with Crippen LogP contribution in [0.4, 0.5) is 0 Å². The minimum atomic E-state index is -0.638. The van der Waals surface area contributed by atoms with Gasteiger partial charge in [0.05, 0.1) is 25.1 Å². The van der Waals surface area contributed by atoms with Crippen LogP contribution < -0.4 is 10.5 Å². The summed E-state index contributed by atoms with van der Waals surface area (Å²) >= 11 is 0. The molecule has 8 heteroatoms. The molecule has 0 saturated carbocycles. The molecule has 0 bridgehead atoms. The number of benzene rings is 2. The van der Waals surface area contributed by atoms with E-state index >= 15 is 0 Å². The zero-order valence-electron chi connectivity index (χ0n) is 18.1. The number of ether oxygens (including phenoxy) is 1. The minimum absolute atomic E-state index is 0.175. The monoisotopic (exact) mass is 434 g/mol. The lowest BCUT2D eigenvalue weighted by molar-refractivity contribution is 0.0994. The number of aromatic nitrogens is 3. The number of aryl methyl sites for hydroxylation is 1. The highest BCUT2D eigenvalue weighted by Gasteiger charge is 2.20. The zero-order chi connectivity index (χ0) is 22.7. The number of para-hydroxylation sites is 1. The second-order valence-corrected chi connectivity index (χ2v) is 7.66. The smallest absolute Gasteiger partial charge is 0.268 e. The SMILES string of the molecule is CCOc1ccc(-c2nc3c(CCC(C(C)O)n4cnc(C(N)=O)c4)cccc3o2)cc1. The Morgan fingerprint density at radius 3 is 2.69 bits per heavy atom. The molecule has 32 heavy (non-hydrogen) atoms. The van der Waals surface area contributed by atoms with Crippen LogP contribution >= 0.6 is 0 Å². The fraction of sp³-hybridized carbons (Fsp3) is 0.292. The maximum Gasteiger partial charge on any atom is 0.268 e. The summed E-state index contributed by atoms with van der Waals surface area (Å²) in [6.45, 7) is 4.28. The predicted octanol–water partition coefficient (Wildman–Crippen LogP) is 3.74. The molecule has 2 heterocycles. The number of nitrogens with two attached hydrogens (primary N) is 1. The third-order valence-electron chi connectivity index (χ3n) is 5.42. The van der Waals surface area contributed by atoms with Crippen LogP contribution in [-0.4, -0.2) is 38.3 Å². The Labute approximate surface area is 185 Å². The van der Waals surface area contributed by atoms with Crippen molar-refractivity contribution in [2.75, 3.05) is 6.61 Å². The molecule has 3 N–H and O–H groups in total. The number of hydrogen-bond donors (Lipinski definition) is 2. The number of carbonyl (C=O) groups is 1. The number of carbonyl (C=O) groups excluding carboxylic acids is 1. The van der Waals surface area contributed by atoms with Gasteiger partial charge in [-0.15, -0.1) is 0 Å². The van der Waals surface area contributed by atoms with Crippen LogP contribution in [0.1, 0.15) is 42.4 Å². The number of aliphatic hydroxyl groups is 1. The molecule has 8 nitrogen and oxygen atoms in total. The summed E-state index contributed by atoms with van der Waals surface area (Å²) < 4.78 is 13.2. The molecule has 4 aromatic rings. The van der Waals surface area contributed by atoms with E-state index in [9.17, 15) is 9.90 Å². The van der Waals surface area contributed by atoms with Gasteiger partial charge in [-0.05, 0) is 62.6 Å². The quantitative estimate of drug-likeness (QED) is 0.414. The Morgan fingerprint density at radius 2 is 2.03 bits per heavy atom. The molecule has 0 aliphatic heterocycles. The summed E-state index contributed by atoms with van der Waals surface area (Å²) in [6.07, 6.45) is 3.74. The van der Waals surface area contributed by atoms with Gasteiger partial charge in [-0.3, -0.25) is 4.79 Å². The summed E-state index contributed by atoms with van der Waals surface area (Å²) in [6, 6.07) is 13.2. The van der Waals surface area contributed by atoms with Crippen LogP contribution in [0.15, 0.2) is 59.4 Å². The van der Waals surface area contributed by atoms with Gasteiger partial charge >= 0.3 is 0 Å². The van der Waals surface area contributed by atoms with Crippen molar-refractivity contribution >= 4 is 17.0 Å². The van der Waals surface area contributed by atoms with Crippen LogP contribution in [0, 0.1) is 0 Å². The van der Waals surface area contributed by atoms with Crippen molar-refractivity contribution in [3.05, 3.63) is 66.2 Å². The van der Waals surface area contributed by atoms with Crippen molar-refractivity contribution in [1.29, 1.82) is 0 Å². The molecule has 0 aliphatic carbocycles. The highest BCUT2D eigenvalue weighted by molar-refractivity contribution is 5.90. The van der Waals surface area contributed by atoms with Crippen molar-refractivity contribution in [2.24, 2.45) is 5.73 Å². The van der Waals surface area contributed by atoms with Crippen molar-refractivity contribution in [2.45, 2.75) is 38.8 Å². The molecule has 2 aromatic heterocycles. The lowest BCUT2D eigenvalue weighted by atomic mass is 10.0. The Hall–Kier alpha value is -3.65. The first-order valence-corrected chi connectivity index (χ1v) is 10.6. The first kappa shape index (κ1) is 21.6. The standard InChI is InChI=1S/C24H26N4O4/c1-3-31-18-10-7-17(8-11-18)24-27-22-16(5-4-6-21(22)32-24)9-12-20(15(2)29)28-13-19(23(25)30)26-14-28/h4-8,10-11,13-15,20,29H,3,9,12H2,1-2H3,(H2,25,30). The second kappa shape index (κ2) is 9.23. The Bertz CT molecular complexity index is 1210. The van der Waals surface area contributed by atoms with Gasteiger partial charge in [0, 0.05) is 11.8 Å². The van der Waals surface area contributed by atoms with E-state index in [2.05, 4.69) is 4.98 Å². The summed E-state index contributed by atoms with van der Waals surface area (Å²) in [7, 11) is 0. The van der Waals surface area contributed by atoms with Crippen molar-refractivity contribution in [3.8, 4) is 17.2 Å². The van der Waals surface area contributed by atoms with Gasteiger partial charge in [-0.2, -0.15) is 0 Å². The van der Waals surface area contributed by atoms with Crippen molar-refractivity contribution in [1.82, 2.24) is 14.5 Å². The summed E-state index contributed by atoms with van der Waals surface area (Å²) in [5, 5.41) is 10.3. The van der Waals surface area contributed by atoms with Gasteiger partial charge in [0.1, 0.15) is 17.0 Å². The predicted molar refractivity (Wildman–Crippen MR) is 120 cm³/mol. The van der Waals surface area contributed by atoms with E-state index in [-0.39, 0.29) is 11.7 Å². The molecule has 0 fully saturated rings. The minimum Gasteiger partial charge on any atom is -0.494 e. The van der Waals surface area contributed by atoms with Crippen LogP contribution in [0.25, 0.3) is 22.6 Å². The summed E-state index contributed by atoms with van der Waals surface area (Å²) in [4.78, 5) is 20.1. The molecule has 2 aromatic carbocycles. The van der Waals surface area contributed by atoms with Crippen molar-refractivity contribution in [3.63, 3.8) is 0 Å². The molecule has 0 saturated heterocycles. The molecule has 4 rings (SSSR count). The van der Waals surface area contributed by atoms with E-state index in [1.54, 1.807) is 17.7 Å². The highest BCUT2D eigenvalue weighted by atomic mass is 16.5. The van der Waals surface area contributed by atoms with Crippen LogP contribution in [-0.2, 0) is 6.42 Å². The molecule has 1 amide bonds. The number of rotatable bonds is 9. The first-order valence-electron chi connectivity index (χ1n) is 10.6. The molecule has 0 aliphatic rings. The van der Waals surface area contributed by atoms with E-state index in [1.165, 1.54) is 6.33 Å². The molecule has 0 spiro atoms. The molecule has 2 atom stereocenters. The van der Waals surface area contributed by atoms with Gasteiger partial charge in [-0.25, -0.2) is 9.97 Å². The van der Waals surface area contributed by atoms with E-state index in [1.807, 2.05) is 49.4 Å². The van der Waals surface area contributed by atoms with Gasteiger partial charge in [-0.1, -0.05) is 12.1 Å². The summed E-state index contributed by atoms with van der Waals surface area (Å²) in [5.41, 5.74) is 8.87. The lowest BCUT2D eigenvalue weighted by Gasteiger charge is -2.21. The molecule has 166 valence electrons. The van der Waals surface area contributed by atoms with Gasteiger partial charge in [0.15, 0.2) is 5.58 Å². The van der Waals surface area contributed by atoms with Gasteiger partial charge in [0.2, 0.25) is 5.89 Å². The normalized spacial score (nSPS) is 13.2. The van der Waals surface area contributed by atoms with Crippen molar-refractivity contribution < 1.29 is 19.1 Å². The van der Waals surface area contributed by atoms with Gasteiger partial charge in [0.25, 0.3) is 5.91 Å². The number of primary amides is 1. The number of oxazole rings is 1. The Balaban J connectivity index is 1.56. The molecule has 0 radical (unpaired) electrons. The molecular formula is C24H26N4O4. The maximum absolute atomic E-state index is 11.4. The number of amides is 1. The number of aliphatic hydroxyl groups excluding tert-OH is 1. The van der Waals surface area contributed by atoms with E-state index in [4.69, 9.17) is 19.9 Å². The van der Waals surface area contributed by atoms with Gasteiger partial charge < -0.3 is 24.6 Å². The fourth-order valence-electron chi connectivity index (χ4n) is 3.78. The van der Waals surface area contributed by atoms with Crippen LogP contribution in [0.5, 0.6) is 5.75 Å². The number of nitrogens with zero attached hydrogens (tertiary/aromatic N) is 3. The molecular weight excluding hydrogens is 408 g/mol. The second-order valence-electron chi connectivity index (χ2n) is 7.66. The third kappa shape index (κ3) is 4.50. The lowest BCUT2D eigenvalue weighted by Crippen LogP contribution is -2.21. The topological polar surface area (TPSA) is 116 Å². The Morgan fingerprint density at radius 1 is 1.25 bits per heavy atom. The first-order chi connectivity index (χ1) is 15.5. The highest BCUT2D eigenvalue weighted by Crippen LogP contribution is 2.29. The zero-order valence-corrected chi connectivity index (χ0v) is 18.1. The Kier molecular flexibility index (Phi) is 6.23. The average molecular weight is 434 g/mol. The molecule has 2 unspecified atom stereocenters. The number of imidazole rings is 1. The number of fused-ring (bicyclic) bond motifs is 1. The van der Waals surface area contributed by atoms with Crippen LogP contribution in [0.3, 0.4) is 0 Å². The average Bonchev–Trinajstić information content (AvgIpc) is 3.42.